The molecule has 0 spiro atoms. The van der Waals surface area contributed by atoms with Crippen molar-refractivity contribution in [2.24, 2.45) is 16.7 Å². The first-order valence-corrected chi connectivity index (χ1v) is 9.95. The number of nitrogens with zero attached hydrogens (tertiary/aromatic N) is 1. The van der Waals surface area contributed by atoms with E-state index in [0.717, 1.165) is 19.3 Å². The van der Waals surface area contributed by atoms with Crippen molar-refractivity contribution in [3.63, 3.8) is 0 Å². The molecule has 0 aromatic heterocycles. The Kier molecular flexibility index (Phi) is 5.15. The first-order valence-electron chi connectivity index (χ1n) is 9.95. The van der Waals surface area contributed by atoms with Gasteiger partial charge in [0.15, 0.2) is 0 Å². The third-order valence-corrected chi connectivity index (χ3v) is 6.87. The Labute approximate surface area is 161 Å². The molecular weight excluding hydrogens is 340 g/mol. The van der Waals surface area contributed by atoms with E-state index in [0.29, 0.717) is 18.5 Å². The van der Waals surface area contributed by atoms with Crippen LogP contribution in [-0.4, -0.2) is 29.2 Å². The molecule has 1 aromatic rings. The number of carbonyl (C=O) groups excluding carboxylic acids is 3. The van der Waals surface area contributed by atoms with Gasteiger partial charge in [0, 0.05) is 11.6 Å². The highest BCUT2D eigenvalue weighted by atomic mass is 16.2. The molecule has 146 valence electrons. The van der Waals surface area contributed by atoms with Gasteiger partial charge in [-0.15, -0.1) is 0 Å². The van der Waals surface area contributed by atoms with Gasteiger partial charge >= 0.3 is 0 Å². The summed E-state index contributed by atoms with van der Waals surface area (Å²) < 4.78 is 0. The summed E-state index contributed by atoms with van der Waals surface area (Å²) in [6.45, 7) is 7.88. The summed E-state index contributed by atoms with van der Waals surface area (Å²) in [6, 6.07) is 7.76. The van der Waals surface area contributed by atoms with E-state index in [1.165, 1.54) is 10.5 Å². The number of rotatable bonds is 6. The monoisotopic (exact) mass is 370 g/mol. The number of hydrogen-bond donors (Lipinski definition) is 1. The first-order chi connectivity index (χ1) is 12.7. The highest BCUT2D eigenvalue weighted by Crippen LogP contribution is 2.59. The Morgan fingerprint density at radius 2 is 1.85 bits per heavy atom. The number of likely N-dealkylation sites (tertiary alicyclic amines) is 1. The van der Waals surface area contributed by atoms with Gasteiger partial charge in [-0.3, -0.25) is 19.3 Å². The Hall–Kier alpha value is -2.17. The van der Waals surface area contributed by atoms with E-state index in [2.05, 4.69) is 12.2 Å². The summed E-state index contributed by atoms with van der Waals surface area (Å²) >= 11 is 0. The maximum atomic E-state index is 13.0. The van der Waals surface area contributed by atoms with Crippen molar-refractivity contribution in [3.05, 3.63) is 29.8 Å². The quantitative estimate of drug-likeness (QED) is 0.775. The van der Waals surface area contributed by atoms with Crippen LogP contribution < -0.4 is 5.32 Å². The van der Waals surface area contributed by atoms with Crippen LogP contribution in [0.15, 0.2) is 24.3 Å². The zero-order valence-electron chi connectivity index (χ0n) is 16.8. The lowest BCUT2D eigenvalue weighted by atomic mass is 9.62. The molecule has 1 aliphatic carbocycles. The Morgan fingerprint density at radius 1 is 1.19 bits per heavy atom. The van der Waals surface area contributed by atoms with Gasteiger partial charge in [-0.1, -0.05) is 46.2 Å². The van der Waals surface area contributed by atoms with E-state index in [-0.39, 0.29) is 35.6 Å². The second kappa shape index (κ2) is 7.10. The molecule has 5 nitrogen and oxygen atoms in total. The molecule has 2 aliphatic rings. The van der Waals surface area contributed by atoms with Crippen molar-refractivity contribution in [2.45, 2.75) is 59.8 Å². The zero-order chi connectivity index (χ0) is 19.8. The highest BCUT2D eigenvalue weighted by Gasteiger charge is 2.64. The number of anilines is 1. The number of fused-ring (bicyclic) bond motifs is 2. The van der Waals surface area contributed by atoms with Gasteiger partial charge < -0.3 is 5.32 Å². The number of aryl methyl sites for hydroxylation is 1. The fourth-order valence-electron chi connectivity index (χ4n) is 4.53. The predicted octanol–water partition coefficient (Wildman–Crippen LogP) is 3.78. The van der Waals surface area contributed by atoms with Crippen LogP contribution in [0.2, 0.25) is 0 Å². The van der Waals surface area contributed by atoms with Crippen molar-refractivity contribution in [1.29, 1.82) is 0 Å². The second-order valence-corrected chi connectivity index (χ2v) is 8.72. The summed E-state index contributed by atoms with van der Waals surface area (Å²) in [6.07, 6.45) is 4.73. The maximum Gasteiger partial charge on any atom is 0.244 e. The van der Waals surface area contributed by atoms with Crippen LogP contribution in [-0.2, 0) is 20.8 Å². The van der Waals surface area contributed by atoms with E-state index in [1.807, 2.05) is 45.0 Å². The number of benzene rings is 1. The number of piperidine rings is 1. The summed E-state index contributed by atoms with van der Waals surface area (Å²) in [5.74, 6) is -0.937. The summed E-state index contributed by atoms with van der Waals surface area (Å²) in [5, 5.41) is 2.81. The molecule has 0 radical (unpaired) electrons. The topological polar surface area (TPSA) is 66.5 Å². The average molecular weight is 370 g/mol. The normalized spacial score (nSPS) is 26.4. The maximum absolute atomic E-state index is 13.0. The smallest absolute Gasteiger partial charge is 0.244 e. The third kappa shape index (κ3) is 3.28. The van der Waals surface area contributed by atoms with E-state index >= 15 is 0 Å². The second-order valence-electron chi connectivity index (χ2n) is 8.72. The number of hydrogen-bond acceptors (Lipinski definition) is 3. The summed E-state index contributed by atoms with van der Waals surface area (Å²) in [4.78, 5) is 39.4. The number of imide groups is 1. The largest absolute Gasteiger partial charge is 0.325 e. The Bertz CT molecular complexity index is 753. The average Bonchev–Trinajstić information content (AvgIpc) is 2.82. The molecule has 2 unspecified atom stereocenters. The van der Waals surface area contributed by atoms with Crippen molar-refractivity contribution >= 4 is 23.4 Å². The molecule has 1 saturated carbocycles. The fraction of sp³-hybridized carbons (Fsp3) is 0.591. The van der Waals surface area contributed by atoms with Gasteiger partial charge in [0.25, 0.3) is 0 Å². The lowest BCUT2D eigenvalue weighted by Crippen LogP contribution is -2.60. The molecule has 1 aromatic carbocycles. The minimum Gasteiger partial charge on any atom is -0.325 e. The molecule has 2 bridgehead atoms. The molecule has 1 N–H and O–H groups in total. The van der Waals surface area contributed by atoms with Crippen LogP contribution in [0.25, 0.3) is 0 Å². The third-order valence-electron chi connectivity index (χ3n) is 6.87. The van der Waals surface area contributed by atoms with Crippen LogP contribution in [0, 0.1) is 16.7 Å². The van der Waals surface area contributed by atoms with Gasteiger partial charge in [0.05, 0.1) is 5.41 Å². The number of carbonyl (C=O) groups is 3. The molecule has 3 rings (SSSR count). The van der Waals surface area contributed by atoms with E-state index in [1.54, 1.807) is 0 Å². The molecule has 5 heteroatoms. The number of nitrogens with one attached hydrogen (secondary N) is 1. The van der Waals surface area contributed by atoms with E-state index in [4.69, 9.17) is 0 Å². The highest BCUT2D eigenvalue weighted by molar-refractivity contribution is 6.07. The molecule has 3 amide bonds. The van der Waals surface area contributed by atoms with E-state index < -0.39 is 5.41 Å². The van der Waals surface area contributed by atoms with Gasteiger partial charge in [-0.05, 0) is 48.8 Å². The Morgan fingerprint density at radius 3 is 2.48 bits per heavy atom. The molecule has 1 saturated heterocycles. The minimum absolute atomic E-state index is 0.189. The Balaban J connectivity index is 1.66. The van der Waals surface area contributed by atoms with Gasteiger partial charge in [0.1, 0.15) is 6.54 Å². The van der Waals surface area contributed by atoms with E-state index in [9.17, 15) is 14.4 Å². The lowest BCUT2D eigenvalue weighted by Gasteiger charge is -2.47. The minimum atomic E-state index is -0.577. The standard InChI is InChI=1S/C22H30N2O3/c1-5-6-7-15-8-10-16(11-9-15)23-18(25)14-24-19(26)17-12-13-22(4,20(24)27)21(17,2)3/h8-11,17H,5-7,12-14H2,1-4H3,(H,23,25). The van der Waals surface area contributed by atoms with Crippen molar-refractivity contribution in [3.8, 4) is 0 Å². The van der Waals surface area contributed by atoms with Gasteiger partial charge in [-0.25, -0.2) is 0 Å². The van der Waals surface area contributed by atoms with Crippen LogP contribution in [0.3, 0.4) is 0 Å². The van der Waals surface area contributed by atoms with Crippen molar-refractivity contribution in [1.82, 2.24) is 4.90 Å². The first kappa shape index (κ1) is 19.6. The number of unbranched alkanes of at least 4 members (excludes halogenated alkanes) is 1. The predicted molar refractivity (Wildman–Crippen MR) is 105 cm³/mol. The SMILES string of the molecule is CCCCc1ccc(NC(=O)CN2C(=O)C3CCC(C)(C2=O)C3(C)C)cc1. The summed E-state index contributed by atoms with van der Waals surface area (Å²) in [7, 11) is 0. The van der Waals surface area contributed by atoms with Crippen LogP contribution >= 0.6 is 0 Å². The van der Waals surface area contributed by atoms with Gasteiger partial charge in [-0.2, -0.15) is 0 Å². The zero-order valence-corrected chi connectivity index (χ0v) is 16.8. The van der Waals surface area contributed by atoms with Gasteiger partial charge in [0.2, 0.25) is 17.7 Å². The molecule has 2 fully saturated rings. The number of amides is 3. The molecule has 27 heavy (non-hydrogen) atoms. The lowest BCUT2D eigenvalue weighted by molar-refractivity contribution is -0.168. The van der Waals surface area contributed by atoms with Crippen molar-refractivity contribution in [2.75, 3.05) is 11.9 Å². The fourth-order valence-corrected chi connectivity index (χ4v) is 4.53. The van der Waals surface area contributed by atoms with Crippen molar-refractivity contribution < 1.29 is 14.4 Å². The molecular formula is C22H30N2O3. The summed E-state index contributed by atoms with van der Waals surface area (Å²) in [5.41, 5.74) is 0.990. The van der Waals surface area contributed by atoms with Crippen LogP contribution in [0.5, 0.6) is 0 Å². The molecule has 1 heterocycles. The molecule has 2 atom stereocenters. The van der Waals surface area contributed by atoms with Crippen LogP contribution in [0.4, 0.5) is 5.69 Å². The molecule has 1 aliphatic heterocycles. The van der Waals surface area contributed by atoms with Crippen LogP contribution in [0.1, 0.15) is 58.9 Å².